The van der Waals surface area contributed by atoms with Crippen molar-refractivity contribution in [2.45, 2.75) is 76.0 Å². The summed E-state index contributed by atoms with van der Waals surface area (Å²) in [5.41, 5.74) is 4.13. The molecule has 5 nitrogen and oxygen atoms in total. The maximum absolute atomic E-state index is 12.5. The van der Waals surface area contributed by atoms with Crippen LogP contribution in [-0.4, -0.2) is 26.4 Å². The highest BCUT2D eigenvalue weighted by atomic mass is 32.2. The van der Waals surface area contributed by atoms with E-state index in [2.05, 4.69) is 52.1 Å². The molecule has 2 aromatic rings. The molecule has 1 aromatic heterocycles. The highest BCUT2D eigenvalue weighted by Crippen LogP contribution is 2.40. The van der Waals surface area contributed by atoms with Crippen molar-refractivity contribution < 1.29 is 4.79 Å². The Labute approximate surface area is 165 Å². The summed E-state index contributed by atoms with van der Waals surface area (Å²) in [6.07, 6.45) is 7.34. The van der Waals surface area contributed by atoms with Gasteiger partial charge in [-0.25, -0.2) is 0 Å². The lowest BCUT2D eigenvalue weighted by Crippen LogP contribution is -2.28. The second-order valence-electron chi connectivity index (χ2n) is 7.67. The number of fused-ring (bicyclic) bond motifs is 1. The zero-order chi connectivity index (χ0) is 18.8. The monoisotopic (exact) mass is 384 g/mol. The third-order valence-corrected chi connectivity index (χ3v) is 6.55. The van der Waals surface area contributed by atoms with Crippen LogP contribution in [0.25, 0.3) is 0 Å². The number of aryl methyl sites for hydroxylation is 2. The number of hydrogen-bond donors (Lipinski definition) is 1. The van der Waals surface area contributed by atoms with Gasteiger partial charge in [0.25, 0.3) is 0 Å². The summed E-state index contributed by atoms with van der Waals surface area (Å²) in [5.74, 6) is 2.08. The molecule has 0 radical (unpaired) electrons. The number of hydrogen-bond acceptors (Lipinski definition) is 4. The molecular weight excluding hydrogens is 356 g/mol. The lowest BCUT2D eigenvalue weighted by Gasteiger charge is -2.20. The molecule has 4 rings (SSSR count). The molecule has 1 N–H and O–H groups in total. The van der Waals surface area contributed by atoms with Crippen LogP contribution < -0.4 is 5.32 Å². The third-order valence-electron chi connectivity index (χ3n) is 5.59. The summed E-state index contributed by atoms with van der Waals surface area (Å²) in [7, 11) is 0. The van der Waals surface area contributed by atoms with Crippen molar-refractivity contribution in [1.82, 2.24) is 20.1 Å². The van der Waals surface area contributed by atoms with E-state index in [1.54, 1.807) is 0 Å². The highest BCUT2D eigenvalue weighted by Gasteiger charge is 2.30. The average Bonchev–Trinajstić information content (AvgIpc) is 3.45. The predicted octanol–water partition coefficient (Wildman–Crippen LogP) is 4.02. The Hall–Kier alpha value is -1.82. The summed E-state index contributed by atoms with van der Waals surface area (Å²) in [6, 6.07) is 6.71. The molecule has 1 atom stereocenters. The molecule has 2 aliphatic carbocycles. The molecule has 1 amide bonds. The van der Waals surface area contributed by atoms with Gasteiger partial charge in [0.15, 0.2) is 5.16 Å². The Morgan fingerprint density at radius 2 is 2.04 bits per heavy atom. The molecule has 6 heteroatoms. The van der Waals surface area contributed by atoms with Crippen molar-refractivity contribution in [3.8, 4) is 0 Å². The molecule has 1 fully saturated rings. The SMILES string of the molecule is CCn1c(SCC(=O)NC(C)c2ccc3c(c2)CCCC3)nnc1C1CC1. The van der Waals surface area contributed by atoms with Crippen molar-refractivity contribution in [3.63, 3.8) is 0 Å². The van der Waals surface area contributed by atoms with E-state index in [4.69, 9.17) is 0 Å². The molecule has 0 saturated heterocycles. The van der Waals surface area contributed by atoms with E-state index < -0.39 is 0 Å². The molecule has 0 aliphatic heterocycles. The minimum absolute atomic E-state index is 0.0244. The van der Waals surface area contributed by atoms with Crippen molar-refractivity contribution in [2.75, 3.05) is 5.75 Å². The first-order chi connectivity index (χ1) is 13.2. The van der Waals surface area contributed by atoms with Gasteiger partial charge >= 0.3 is 0 Å². The zero-order valence-electron chi connectivity index (χ0n) is 16.2. The lowest BCUT2D eigenvalue weighted by molar-refractivity contribution is -0.119. The average molecular weight is 385 g/mol. The first kappa shape index (κ1) is 18.5. The van der Waals surface area contributed by atoms with E-state index in [-0.39, 0.29) is 11.9 Å². The number of benzene rings is 1. The number of rotatable bonds is 7. The van der Waals surface area contributed by atoms with Crippen molar-refractivity contribution in [3.05, 3.63) is 40.7 Å². The van der Waals surface area contributed by atoms with Crippen LogP contribution in [-0.2, 0) is 24.2 Å². The predicted molar refractivity (Wildman–Crippen MR) is 108 cm³/mol. The number of amides is 1. The maximum atomic E-state index is 12.5. The van der Waals surface area contributed by atoms with Crippen molar-refractivity contribution >= 4 is 17.7 Å². The van der Waals surface area contributed by atoms with Crippen LogP contribution in [0.5, 0.6) is 0 Å². The Morgan fingerprint density at radius 3 is 2.78 bits per heavy atom. The van der Waals surface area contributed by atoms with Gasteiger partial charge in [-0.05, 0) is 69.1 Å². The van der Waals surface area contributed by atoms with Gasteiger partial charge in [0.2, 0.25) is 5.91 Å². The standard InChI is InChI=1S/C21H28N4OS/c1-3-25-20(16-9-10-16)23-24-21(25)27-13-19(26)22-14(2)17-11-8-15-6-4-5-7-18(15)12-17/h8,11-12,14,16H,3-7,9-10,13H2,1-2H3,(H,22,26). The first-order valence-electron chi connectivity index (χ1n) is 10.1. The lowest BCUT2D eigenvalue weighted by atomic mass is 9.89. The molecule has 1 unspecified atom stereocenters. The van der Waals surface area contributed by atoms with Crippen LogP contribution in [0, 0.1) is 0 Å². The summed E-state index contributed by atoms with van der Waals surface area (Å²) in [4.78, 5) is 12.5. The molecule has 1 saturated carbocycles. The number of carbonyl (C=O) groups excluding carboxylic acids is 1. The molecule has 1 aromatic carbocycles. The van der Waals surface area contributed by atoms with E-state index in [0.717, 1.165) is 23.9 Å². The number of carbonyl (C=O) groups is 1. The van der Waals surface area contributed by atoms with Crippen LogP contribution in [0.4, 0.5) is 0 Å². The minimum atomic E-state index is 0.0244. The van der Waals surface area contributed by atoms with Gasteiger partial charge in [-0.15, -0.1) is 10.2 Å². The highest BCUT2D eigenvalue weighted by molar-refractivity contribution is 7.99. The molecule has 2 aliphatic rings. The van der Waals surface area contributed by atoms with E-state index in [1.165, 1.54) is 60.6 Å². The van der Waals surface area contributed by atoms with E-state index in [0.29, 0.717) is 11.7 Å². The fourth-order valence-electron chi connectivity index (χ4n) is 3.87. The van der Waals surface area contributed by atoms with Crippen LogP contribution in [0.2, 0.25) is 0 Å². The summed E-state index contributed by atoms with van der Waals surface area (Å²) in [5, 5.41) is 12.6. The topological polar surface area (TPSA) is 59.8 Å². The Morgan fingerprint density at radius 1 is 1.26 bits per heavy atom. The molecule has 144 valence electrons. The maximum Gasteiger partial charge on any atom is 0.230 e. The van der Waals surface area contributed by atoms with Crippen LogP contribution in [0.3, 0.4) is 0 Å². The molecule has 27 heavy (non-hydrogen) atoms. The molecule has 0 bridgehead atoms. The van der Waals surface area contributed by atoms with E-state index in [1.807, 2.05) is 0 Å². The van der Waals surface area contributed by atoms with Gasteiger partial charge < -0.3 is 9.88 Å². The van der Waals surface area contributed by atoms with Crippen LogP contribution in [0.1, 0.15) is 74.0 Å². The molecule has 1 heterocycles. The largest absolute Gasteiger partial charge is 0.349 e. The fourth-order valence-corrected chi connectivity index (χ4v) is 4.69. The summed E-state index contributed by atoms with van der Waals surface area (Å²) < 4.78 is 2.16. The van der Waals surface area contributed by atoms with Gasteiger partial charge in [-0.1, -0.05) is 30.0 Å². The number of nitrogens with one attached hydrogen (secondary N) is 1. The quantitative estimate of drug-likeness (QED) is 0.733. The zero-order valence-corrected chi connectivity index (χ0v) is 17.0. The van der Waals surface area contributed by atoms with Gasteiger partial charge in [0, 0.05) is 12.5 Å². The summed E-state index contributed by atoms with van der Waals surface area (Å²) >= 11 is 1.48. The van der Waals surface area contributed by atoms with E-state index in [9.17, 15) is 4.79 Å². The van der Waals surface area contributed by atoms with Crippen molar-refractivity contribution in [1.29, 1.82) is 0 Å². The summed E-state index contributed by atoms with van der Waals surface area (Å²) in [6.45, 7) is 5.03. The van der Waals surface area contributed by atoms with Gasteiger partial charge in [0.05, 0.1) is 11.8 Å². The smallest absolute Gasteiger partial charge is 0.230 e. The first-order valence-corrected chi connectivity index (χ1v) is 11.1. The second-order valence-corrected chi connectivity index (χ2v) is 8.61. The van der Waals surface area contributed by atoms with Gasteiger partial charge in [-0.2, -0.15) is 0 Å². The molecular formula is C21H28N4OS. The van der Waals surface area contributed by atoms with E-state index >= 15 is 0 Å². The Kier molecular flexibility index (Phi) is 5.53. The third kappa shape index (κ3) is 4.21. The normalized spacial score (nSPS) is 17.4. The molecule has 0 spiro atoms. The number of aromatic nitrogens is 3. The number of nitrogens with zero attached hydrogens (tertiary/aromatic N) is 3. The Bertz CT molecular complexity index is 828. The van der Waals surface area contributed by atoms with Crippen LogP contribution in [0.15, 0.2) is 23.4 Å². The van der Waals surface area contributed by atoms with Crippen LogP contribution >= 0.6 is 11.8 Å². The van der Waals surface area contributed by atoms with Crippen molar-refractivity contribution in [2.24, 2.45) is 0 Å². The van der Waals surface area contributed by atoms with Gasteiger partial charge in [-0.3, -0.25) is 4.79 Å². The Balaban J connectivity index is 1.34. The number of thioether (sulfide) groups is 1. The second kappa shape index (κ2) is 8.05. The minimum Gasteiger partial charge on any atom is -0.349 e. The fraction of sp³-hybridized carbons (Fsp3) is 0.571. The van der Waals surface area contributed by atoms with Gasteiger partial charge in [0.1, 0.15) is 5.82 Å².